The molecular weight excluding hydrogens is 394 g/mol. The molecule has 0 fully saturated rings. The number of oxazole rings is 1. The van der Waals surface area contributed by atoms with Gasteiger partial charge in [-0.1, -0.05) is 17.7 Å². The van der Waals surface area contributed by atoms with Gasteiger partial charge in [-0.05, 0) is 50.2 Å². The first-order valence-electron chi connectivity index (χ1n) is 10.2. The van der Waals surface area contributed by atoms with E-state index in [2.05, 4.69) is 25.9 Å². The summed E-state index contributed by atoms with van der Waals surface area (Å²) in [7, 11) is 0. The third-order valence-electron chi connectivity index (χ3n) is 4.43. The Morgan fingerprint density at radius 1 is 1.03 bits per heavy atom. The fourth-order valence-electron chi connectivity index (χ4n) is 2.78. The van der Waals surface area contributed by atoms with E-state index in [1.807, 2.05) is 38.1 Å². The number of aromatic nitrogens is 1. The average Bonchev–Trinajstić information content (AvgIpc) is 3.25. The summed E-state index contributed by atoms with van der Waals surface area (Å²) in [5.74, 6) is 1.12. The molecule has 0 saturated heterocycles. The molecule has 31 heavy (non-hydrogen) atoms. The van der Waals surface area contributed by atoms with Gasteiger partial charge in [0.15, 0.2) is 5.96 Å². The molecule has 0 radical (unpaired) electrons. The molecule has 0 atom stereocenters. The van der Waals surface area contributed by atoms with Crippen LogP contribution in [-0.4, -0.2) is 41.6 Å². The molecule has 4 N–H and O–H groups in total. The van der Waals surface area contributed by atoms with Crippen molar-refractivity contribution in [2.24, 2.45) is 4.99 Å². The van der Waals surface area contributed by atoms with Crippen LogP contribution >= 0.6 is 0 Å². The van der Waals surface area contributed by atoms with E-state index >= 15 is 0 Å². The van der Waals surface area contributed by atoms with Gasteiger partial charge in [0.1, 0.15) is 17.7 Å². The standard InChI is InChI=1S/C23H27N5O3/c1-3-24-23(26-13-12-25-21(30)17-8-10-20(29)11-9-17)27-14-19-15-31-22(28-19)18-6-4-16(2)5-7-18/h4-11,15,29H,3,12-14H2,1-2H3,(H,25,30)(H2,24,26,27). The van der Waals surface area contributed by atoms with E-state index in [-0.39, 0.29) is 11.7 Å². The first kappa shape index (κ1) is 21.9. The molecule has 0 saturated carbocycles. The number of guanidine groups is 1. The van der Waals surface area contributed by atoms with Gasteiger partial charge >= 0.3 is 0 Å². The maximum atomic E-state index is 12.1. The van der Waals surface area contributed by atoms with Gasteiger partial charge in [-0.25, -0.2) is 9.98 Å². The first-order valence-corrected chi connectivity index (χ1v) is 10.2. The van der Waals surface area contributed by atoms with Crippen LogP contribution in [0.2, 0.25) is 0 Å². The second kappa shape index (κ2) is 10.8. The lowest BCUT2D eigenvalue weighted by Gasteiger charge is -2.11. The van der Waals surface area contributed by atoms with Crippen molar-refractivity contribution in [3.8, 4) is 17.2 Å². The number of carbonyl (C=O) groups is 1. The summed E-state index contributed by atoms with van der Waals surface area (Å²) < 4.78 is 5.57. The second-order valence-electron chi connectivity index (χ2n) is 6.93. The number of aromatic hydroxyl groups is 1. The van der Waals surface area contributed by atoms with Crippen LogP contribution in [-0.2, 0) is 6.54 Å². The Hall–Kier alpha value is -3.81. The molecule has 3 aromatic rings. The van der Waals surface area contributed by atoms with Crippen LogP contribution in [0.15, 0.2) is 64.2 Å². The number of rotatable bonds is 8. The fourth-order valence-corrected chi connectivity index (χ4v) is 2.78. The van der Waals surface area contributed by atoms with Crippen LogP contribution in [0.4, 0.5) is 0 Å². The number of aliphatic imine (C=N–C) groups is 1. The minimum Gasteiger partial charge on any atom is -0.508 e. The van der Waals surface area contributed by atoms with Gasteiger partial charge < -0.3 is 25.5 Å². The summed E-state index contributed by atoms with van der Waals surface area (Å²) in [6, 6.07) is 14.1. The maximum absolute atomic E-state index is 12.1. The SMILES string of the molecule is CCNC(=NCc1coc(-c2ccc(C)cc2)n1)NCCNC(=O)c1ccc(O)cc1. The number of hydrogen-bond acceptors (Lipinski definition) is 5. The van der Waals surface area contributed by atoms with Crippen molar-refractivity contribution in [3.05, 3.63) is 71.6 Å². The monoisotopic (exact) mass is 421 g/mol. The molecule has 8 nitrogen and oxygen atoms in total. The minimum absolute atomic E-state index is 0.128. The van der Waals surface area contributed by atoms with Crippen LogP contribution in [0.25, 0.3) is 11.5 Å². The number of phenols is 1. The van der Waals surface area contributed by atoms with E-state index in [1.165, 1.54) is 17.7 Å². The Morgan fingerprint density at radius 2 is 1.74 bits per heavy atom. The lowest BCUT2D eigenvalue weighted by molar-refractivity contribution is 0.0954. The molecule has 1 heterocycles. The van der Waals surface area contributed by atoms with E-state index < -0.39 is 0 Å². The van der Waals surface area contributed by atoms with E-state index in [0.29, 0.717) is 43.6 Å². The van der Waals surface area contributed by atoms with Crippen molar-refractivity contribution in [1.29, 1.82) is 0 Å². The topological polar surface area (TPSA) is 112 Å². The van der Waals surface area contributed by atoms with Crippen molar-refractivity contribution in [2.45, 2.75) is 20.4 Å². The Balaban J connectivity index is 1.49. The highest BCUT2D eigenvalue weighted by atomic mass is 16.3. The summed E-state index contributed by atoms with van der Waals surface area (Å²) >= 11 is 0. The highest BCUT2D eigenvalue weighted by Gasteiger charge is 2.07. The van der Waals surface area contributed by atoms with E-state index in [4.69, 9.17) is 4.42 Å². The highest BCUT2D eigenvalue weighted by molar-refractivity contribution is 5.94. The van der Waals surface area contributed by atoms with Gasteiger partial charge in [-0.15, -0.1) is 0 Å². The number of nitrogens with zero attached hydrogens (tertiary/aromatic N) is 2. The van der Waals surface area contributed by atoms with Crippen molar-refractivity contribution in [2.75, 3.05) is 19.6 Å². The van der Waals surface area contributed by atoms with E-state index in [1.54, 1.807) is 18.4 Å². The number of hydrogen-bond donors (Lipinski definition) is 4. The minimum atomic E-state index is -0.199. The van der Waals surface area contributed by atoms with E-state index in [9.17, 15) is 9.90 Å². The van der Waals surface area contributed by atoms with Crippen LogP contribution in [0.3, 0.4) is 0 Å². The van der Waals surface area contributed by atoms with Gasteiger partial charge in [0.05, 0.1) is 6.54 Å². The molecule has 1 amide bonds. The second-order valence-corrected chi connectivity index (χ2v) is 6.93. The largest absolute Gasteiger partial charge is 0.508 e. The zero-order valence-corrected chi connectivity index (χ0v) is 17.7. The molecule has 0 aliphatic carbocycles. The van der Waals surface area contributed by atoms with Gasteiger partial charge in [-0.3, -0.25) is 4.79 Å². The van der Waals surface area contributed by atoms with Crippen LogP contribution in [0.5, 0.6) is 5.75 Å². The third kappa shape index (κ3) is 6.60. The smallest absolute Gasteiger partial charge is 0.251 e. The molecular formula is C23H27N5O3. The van der Waals surface area contributed by atoms with E-state index in [0.717, 1.165) is 11.3 Å². The molecule has 0 bridgehead atoms. The molecule has 1 aromatic heterocycles. The molecule has 3 rings (SSSR count). The number of amides is 1. The number of carbonyl (C=O) groups excluding carboxylic acids is 1. The van der Waals surface area contributed by atoms with Crippen molar-refractivity contribution >= 4 is 11.9 Å². The Labute approximate surface area is 181 Å². The van der Waals surface area contributed by atoms with Crippen molar-refractivity contribution in [1.82, 2.24) is 20.9 Å². The molecule has 0 unspecified atom stereocenters. The van der Waals surface area contributed by atoms with Gasteiger partial charge in [0, 0.05) is 30.8 Å². The summed E-state index contributed by atoms with van der Waals surface area (Å²) in [6.07, 6.45) is 1.61. The number of benzene rings is 2. The van der Waals surface area contributed by atoms with Crippen LogP contribution < -0.4 is 16.0 Å². The molecule has 162 valence electrons. The Kier molecular flexibility index (Phi) is 7.64. The summed E-state index contributed by atoms with van der Waals surface area (Å²) in [5.41, 5.74) is 3.33. The molecule has 0 spiro atoms. The van der Waals surface area contributed by atoms with Crippen molar-refractivity contribution < 1.29 is 14.3 Å². The Bertz CT molecular complexity index is 1010. The summed E-state index contributed by atoms with van der Waals surface area (Å²) in [5, 5.41) is 18.5. The van der Waals surface area contributed by atoms with Crippen LogP contribution in [0, 0.1) is 6.92 Å². The average molecular weight is 422 g/mol. The molecule has 8 heteroatoms. The maximum Gasteiger partial charge on any atom is 0.251 e. The fraction of sp³-hybridized carbons (Fsp3) is 0.261. The Morgan fingerprint density at radius 3 is 2.45 bits per heavy atom. The molecule has 0 aliphatic heterocycles. The zero-order chi connectivity index (χ0) is 22.1. The number of aryl methyl sites for hydroxylation is 1. The highest BCUT2D eigenvalue weighted by Crippen LogP contribution is 2.19. The third-order valence-corrected chi connectivity index (χ3v) is 4.43. The summed E-state index contributed by atoms with van der Waals surface area (Å²) in [4.78, 5) is 21.1. The predicted molar refractivity (Wildman–Crippen MR) is 120 cm³/mol. The first-order chi connectivity index (χ1) is 15.0. The van der Waals surface area contributed by atoms with Gasteiger partial charge in [-0.2, -0.15) is 0 Å². The molecule has 2 aromatic carbocycles. The number of phenolic OH excluding ortho intramolecular Hbond substituents is 1. The molecule has 0 aliphatic rings. The quantitative estimate of drug-likeness (QED) is 0.253. The zero-order valence-electron chi connectivity index (χ0n) is 17.7. The lowest BCUT2D eigenvalue weighted by atomic mass is 10.1. The van der Waals surface area contributed by atoms with Gasteiger partial charge in [0.25, 0.3) is 5.91 Å². The van der Waals surface area contributed by atoms with Crippen molar-refractivity contribution in [3.63, 3.8) is 0 Å². The number of nitrogens with one attached hydrogen (secondary N) is 3. The summed E-state index contributed by atoms with van der Waals surface area (Å²) in [6.45, 7) is 6.02. The lowest BCUT2D eigenvalue weighted by Crippen LogP contribution is -2.41. The normalized spacial score (nSPS) is 11.2. The van der Waals surface area contributed by atoms with Gasteiger partial charge in [0.2, 0.25) is 5.89 Å². The predicted octanol–water partition coefficient (Wildman–Crippen LogP) is 2.84. The van der Waals surface area contributed by atoms with Crippen LogP contribution in [0.1, 0.15) is 28.5 Å².